The summed E-state index contributed by atoms with van der Waals surface area (Å²) >= 11 is 0. The minimum Gasteiger partial charge on any atom is -0.301 e. The van der Waals surface area contributed by atoms with E-state index >= 15 is 0 Å². The van der Waals surface area contributed by atoms with Gasteiger partial charge in [-0.05, 0) is 18.2 Å². The fraction of sp³-hybridized carbons (Fsp3) is 0.111. The molecule has 1 aromatic rings. The third-order valence-corrected chi connectivity index (χ3v) is 1.90. The van der Waals surface area contributed by atoms with E-state index in [0.29, 0.717) is 22.8 Å². The number of halogens is 1. The molecule has 1 aliphatic rings. The largest absolute Gasteiger partial charge is 0.301 e. The van der Waals surface area contributed by atoms with Crippen LogP contribution in [0.3, 0.4) is 0 Å². The molecule has 0 fully saturated rings. The first-order chi connectivity index (χ1) is 6.33. The quantitative estimate of drug-likeness (QED) is 0.481. The fourth-order valence-electron chi connectivity index (χ4n) is 1.24. The van der Waals surface area contributed by atoms with Crippen molar-refractivity contribution in [3.8, 4) is 0 Å². The monoisotopic (exact) mass is 178 g/mol. The topological polar surface area (TPSA) is 33.2 Å². The van der Waals surface area contributed by atoms with E-state index in [2.05, 4.69) is 4.98 Å². The van der Waals surface area contributed by atoms with Crippen molar-refractivity contribution in [1.29, 1.82) is 0 Å². The molecule has 0 saturated heterocycles. The molecule has 1 aromatic heterocycles. The average Bonchev–Trinajstić information content (AvgIpc) is 2.19. The van der Waals surface area contributed by atoms with Crippen molar-refractivity contribution in [2.24, 2.45) is 0 Å². The lowest BCUT2D eigenvalue weighted by atomic mass is 10.1. The minimum absolute atomic E-state index is 0.335. The van der Waals surface area contributed by atoms with E-state index in [0.717, 1.165) is 0 Å². The first-order valence-electron chi connectivity index (χ1n) is 3.86. The van der Waals surface area contributed by atoms with Crippen molar-refractivity contribution in [2.75, 3.05) is 5.12 Å². The summed E-state index contributed by atoms with van der Waals surface area (Å²) in [5.74, 6) is 0. The molecule has 4 heteroatoms. The average molecular weight is 178 g/mol. The molecule has 1 unspecified atom stereocenters. The van der Waals surface area contributed by atoms with Crippen molar-refractivity contribution >= 4 is 18.0 Å². The van der Waals surface area contributed by atoms with Gasteiger partial charge >= 0.3 is 0 Å². The van der Waals surface area contributed by atoms with Crippen LogP contribution < -0.4 is 5.12 Å². The van der Waals surface area contributed by atoms with Crippen molar-refractivity contribution in [3.05, 3.63) is 30.1 Å². The van der Waals surface area contributed by atoms with Gasteiger partial charge in [-0.25, -0.2) is 0 Å². The highest BCUT2D eigenvalue weighted by atomic mass is 19.2. The summed E-state index contributed by atoms with van der Waals surface area (Å²) in [4.78, 5) is 14.4. The standard InChI is InChI=1S/C9H7FN2O/c10-12-7(6-13)3-4-8-9(12)2-1-5-11-8/h1-7H. The molecule has 1 atom stereocenters. The van der Waals surface area contributed by atoms with E-state index in [9.17, 15) is 9.28 Å². The summed E-state index contributed by atoms with van der Waals surface area (Å²) in [6.07, 6.45) is 5.25. The number of aldehydes is 1. The molecule has 0 amide bonds. The van der Waals surface area contributed by atoms with Gasteiger partial charge in [-0.3, -0.25) is 4.98 Å². The summed E-state index contributed by atoms with van der Waals surface area (Å²) in [5.41, 5.74) is 0.880. The van der Waals surface area contributed by atoms with Gasteiger partial charge in [0.15, 0.2) is 0 Å². The van der Waals surface area contributed by atoms with Crippen LogP contribution in [0.2, 0.25) is 0 Å². The van der Waals surface area contributed by atoms with E-state index < -0.39 is 6.04 Å². The van der Waals surface area contributed by atoms with Crippen molar-refractivity contribution in [2.45, 2.75) is 6.04 Å². The number of rotatable bonds is 1. The number of hydrogen-bond acceptors (Lipinski definition) is 3. The van der Waals surface area contributed by atoms with Crippen LogP contribution in [0.15, 0.2) is 24.4 Å². The Morgan fingerprint density at radius 3 is 3.23 bits per heavy atom. The smallest absolute Gasteiger partial charge is 0.149 e. The van der Waals surface area contributed by atoms with Gasteiger partial charge in [0.2, 0.25) is 0 Å². The molecule has 0 aliphatic carbocycles. The first kappa shape index (κ1) is 7.91. The molecule has 3 nitrogen and oxygen atoms in total. The highest BCUT2D eigenvalue weighted by molar-refractivity contribution is 5.77. The van der Waals surface area contributed by atoms with Crippen LogP contribution in [0.4, 0.5) is 10.2 Å². The maximum absolute atomic E-state index is 13.4. The van der Waals surface area contributed by atoms with Crippen molar-refractivity contribution in [1.82, 2.24) is 4.98 Å². The zero-order valence-corrected chi connectivity index (χ0v) is 6.72. The first-order valence-corrected chi connectivity index (χ1v) is 3.86. The fourth-order valence-corrected chi connectivity index (χ4v) is 1.24. The number of nitrogens with zero attached hydrogens (tertiary/aromatic N) is 2. The molecular weight excluding hydrogens is 171 g/mol. The molecule has 0 aromatic carbocycles. The van der Waals surface area contributed by atoms with Gasteiger partial charge in [0.1, 0.15) is 12.3 Å². The van der Waals surface area contributed by atoms with Crippen LogP contribution in [0.1, 0.15) is 5.69 Å². The Hall–Kier alpha value is -1.71. The summed E-state index contributed by atoms with van der Waals surface area (Å²) < 4.78 is 13.4. The van der Waals surface area contributed by atoms with Crippen LogP contribution in [0.5, 0.6) is 0 Å². The number of pyridine rings is 1. The predicted molar refractivity (Wildman–Crippen MR) is 46.7 cm³/mol. The van der Waals surface area contributed by atoms with Crippen LogP contribution in [0, 0.1) is 0 Å². The molecule has 2 rings (SSSR count). The number of carbonyl (C=O) groups is 1. The second-order valence-corrected chi connectivity index (χ2v) is 2.70. The van der Waals surface area contributed by atoms with Gasteiger partial charge in [0.25, 0.3) is 0 Å². The third kappa shape index (κ3) is 1.20. The number of anilines is 1. The van der Waals surface area contributed by atoms with Crippen LogP contribution in [0.25, 0.3) is 6.08 Å². The van der Waals surface area contributed by atoms with E-state index in [1.54, 1.807) is 24.4 Å². The molecule has 0 radical (unpaired) electrons. The Kier molecular flexibility index (Phi) is 1.81. The highest BCUT2D eigenvalue weighted by Crippen LogP contribution is 2.26. The molecule has 13 heavy (non-hydrogen) atoms. The molecule has 2 heterocycles. The lowest BCUT2D eigenvalue weighted by Crippen LogP contribution is -2.30. The molecule has 0 bridgehead atoms. The summed E-state index contributed by atoms with van der Waals surface area (Å²) in [5, 5.41) is 0.412. The van der Waals surface area contributed by atoms with E-state index in [4.69, 9.17) is 0 Å². The molecule has 0 saturated carbocycles. The van der Waals surface area contributed by atoms with Crippen LogP contribution in [-0.2, 0) is 4.79 Å². The van der Waals surface area contributed by atoms with Gasteiger partial charge in [-0.15, -0.1) is 0 Å². The Balaban J connectivity index is 2.48. The predicted octanol–water partition coefficient (Wildman–Crippen LogP) is 1.37. The lowest BCUT2D eigenvalue weighted by Gasteiger charge is -2.22. The van der Waals surface area contributed by atoms with Crippen molar-refractivity contribution in [3.63, 3.8) is 0 Å². The Labute approximate surface area is 74.4 Å². The van der Waals surface area contributed by atoms with Gasteiger partial charge in [-0.1, -0.05) is 10.6 Å². The van der Waals surface area contributed by atoms with E-state index in [1.165, 1.54) is 6.08 Å². The number of aromatic nitrogens is 1. The summed E-state index contributed by atoms with van der Waals surface area (Å²) in [7, 11) is 0. The second-order valence-electron chi connectivity index (χ2n) is 2.70. The van der Waals surface area contributed by atoms with Gasteiger partial charge in [0.05, 0.1) is 11.4 Å². The summed E-state index contributed by atoms with van der Waals surface area (Å²) in [6, 6.07) is 2.39. The Morgan fingerprint density at radius 2 is 2.46 bits per heavy atom. The van der Waals surface area contributed by atoms with Crippen LogP contribution in [-0.4, -0.2) is 17.3 Å². The third-order valence-electron chi connectivity index (χ3n) is 1.90. The zero-order chi connectivity index (χ0) is 9.26. The van der Waals surface area contributed by atoms with E-state index in [-0.39, 0.29) is 0 Å². The van der Waals surface area contributed by atoms with Gasteiger partial charge < -0.3 is 4.79 Å². The maximum atomic E-state index is 13.4. The SMILES string of the molecule is O=CC1C=Cc2ncccc2N1F. The van der Waals surface area contributed by atoms with E-state index in [1.807, 2.05) is 0 Å². The lowest BCUT2D eigenvalue weighted by molar-refractivity contribution is -0.108. The molecule has 0 N–H and O–H groups in total. The zero-order valence-electron chi connectivity index (χ0n) is 6.72. The minimum atomic E-state index is -0.823. The number of fused-ring (bicyclic) bond motifs is 1. The number of hydrogen-bond donors (Lipinski definition) is 0. The highest BCUT2D eigenvalue weighted by Gasteiger charge is 2.21. The van der Waals surface area contributed by atoms with Crippen LogP contribution >= 0.6 is 0 Å². The van der Waals surface area contributed by atoms with Crippen molar-refractivity contribution < 1.29 is 9.28 Å². The molecule has 66 valence electrons. The van der Waals surface area contributed by atoms with Gasteiger partial charge in [-0.2, -0.15) is 5.12 Å². The Bertz CT molecular complexity index is 364. The van der Waals surface area contributed by atoms with Gasteiger partial charge in [0, 0.05) is 6.20 Å². The summed E-state index contributed by atoms with van der Waals surface area (Å²) in [6.45, 7) is 0. The molecule has 0 spiro atoms. The maximum Gasteiger partial charge on any atom is 0.149 e. The molecular formula is C9H7FN2O. The Morgan fingerprint density at radius 1 is 1.62 bits per heavy atom. The second kappa shape index (κ2) is 2.97. The molecule has 1 aliphatic heterocycles. The normalized spacial score (nSPS) is 19.8. The number of carbonyl (C=O) groups excluding carboxylic acids is 1.